The molecule has 2 N–H and O–H groups in total. The molecule has 0 unspecified atom stereocenters. The van der Waals surface area contributed by atoms with Crippen molar-refractivity contribution in [3.63, 3.8) is 0 Å². The van der Waals surface area contributed by atoms with Crippen molar-refractivity contribution in [1.82, 2.24) is 5.32 Å². The molecule has 7 heavy (non-hydrogen) atoms. The first kappa shape index (κ1) is 9.71. The minimum Gasteiger partial charge on any atom is -0.490 e. The highest BCUT2D eigenvalue weighted by Crippen LogP contribution is 1.41. The first-order chi connectivity index (χ1) is 3.15. The second kappa shape index (κ2) is 9.09. The first-order valence-corrected chi connectivity index (χ1v) is 1.93. The van der Waals surface area contributed by atoms with E-state index in [4.69, 9.17) is 9.90 Å². The fraction of sp³-hybridized carbons (Fsp3) is 0.667. The molecule has 0 saturated carbocycles. The van der Waals surface area contributed by atoms with E-state index in [-0.39, 0.29) is 0 Å². The summed E-state index contributed by atoms with van der Waals surface area (Å²) in [5.41, 5.74) is 0. The number of rotatable bonds is 0. The van der Waals surface area contributed by atoms with E-state index in [1.165, 1.54) is 0 Å². The van der Waals surface area contributed by atoms with Crippen molar-refractivity contribution >= 4 is 13.7 Å². The van der Waals surface area contributed by atoms with Gasteiger partial charge in [-0.1, -0.05) is 0 Å². The van der Waals surface area contributed by atoms with Gasteiger partial charge in [0, 0.05) is 0 Å². The van der Waals surface area contributed by atoms with Crippen LogP contribution in [-0.2, 0) is 0 Å². The first-order valence-electron chi connectivity index (χ1n) is 1.93. The normalized spacial score (nSPS) is 6.00. The fourth-order valence-electron chi connectivity index (χ4n) is 0. The lowest BCUT2D eigenvalue weighted by atomic mass is 10.2. The summed E-state index contributed by atoms with van der Waals surface area (Å²) in [5, 5.41) is 10.2. The van der Waals surface area contributed by atoms with Crippen LogP contribution < -0.4 is 5.32 Å². The van der Waals surface area contributed by atoms with Crippen LogP contribution in [0.15, 0.2) is 0 Å². The summed E-state index contributed by atoms with van der Waals surface area (Å²) in [7, 11) is 4.83. The molecule has 0 rings (SSSR count). The molecule has 0 saturated heterocycles. The highest BCUT2D eigenvalue weighted by atomic mass is 16.4. The summed E-state index contributed by atoms with van der Waals surface area (Å²) in [4.78, 5) is 9.00. The zero-order valence-electron chi connectivity index (χ0n) is 4.86. The van der Waals surface area contributed by atoms with Gasteiger partial charge in [0.05, 0.1) is 0 Å². The minimum absolute atomic E-state index is 0.833. The standard InChI is InChI=1S/C2H7N.CH3BO2/c1-3-2;2-1(3)4/h3H,1-2H3;2H2,(H,3,4). The molecule has 3 nitrogen and oxygen atoms in total. The van der Waals surface area contributed by atoms with Crippen LogP contribution in [0.3, 0.4) is 0 Å². The lowest BCUT2D eigenvalue weighted by Gasteiger charge is -1.59. The number of hydrogen-bond acceptors (Lipinski definition) is 2. The van der Waals surface area contributed by atoms with E-state index in [9.17, 15) is 0 Å². The minimum atomic E-state index is -0.833. The van der Waals surface area contributed by atoms with Crippen molar-refractivity contribution < 1.29 is 9.90 Å². The summed E-state index contributed by atoms with van der Waals surface area (Å²) >= 11 is 0. The monoisotopic (exact) mass is 103 g/mol. The van der Waals surface area contributed by atoms with E-state index >= 15 is 0 Å². The van der Waals surface area contributed by atoms with Crippen molar-refractivity contribution in [3.05, 3.63) is 0 Å². The Kier molecular flexibility index (Phi) is 12.6. The second-order valence-corrected chi connectivity index (χ2v) is 1.02. The van der Waals surface area contributed by atoms with Crippen LogP contribution in [0.4, 0.5) is 4.79 Å². The van der Waals surface area contributed by atoms with Crippen LogP contribution >= 0.6 is 0 Å². The third kappa shape index (κ3) is 263. The predicted octanol–water partition coefficient (Wildman–Crippen LogP) is -0.867. The molecule has 4 heteroatoms. The van der Waals surface area contributed by atoms with Gasteiger partial charge in [0.15, 0.2) is 0 Å². The van der Waals surface area contributed by atoms with Crippen molar-refractivity contribution in [2.45, 2.75) is 0 Å². The Hall–Kier alpha value is -0.505. The Morgan fingerprint density at radius 3 is 1.71 bits per heavy atom. The molecule has 0 bridgehead atoms. The predicted molar refractivity (Wildman–Crippen MR) is 31.6 cm³/mol. The summed E-state index contributed by atoms with van der Waals surface area (Å²) in [6, 6.07) is 0. The average Bonchev–Trinajstić information content (AvgIpc) is 1.33. The molecule has 0 aromatic heterocycles. The zero-order valence-corrected chi connectivity index (χ0v) is 4.86. The molecule has 0 fully saturated rings. The van der Waals surface area contributed by atoms with E-state index in [1.807, 2.05) is 14.1 Å². The van der Waals surface area contributed by atoms with Crippen LogP contribution in [0.2, 0.25) is 0 Å². The van der Waals surface area contributed by atoms with Gasteiger partial charge in [0.25, 0.3) is 0 Å². The molecule has 0 atom stereocenters. The highest BCUT2D eigenvalue weighted by molar-refractivity contribution is 6.54. The highest BCUT2D eigenvalue weighted by Gasteiger charge is 1.67. The number of nitrogens with one attached hydrogen (secondary N) is 1. The van der Waals surface area contributed by atoms with Gasteiger partial charge in [-0.25, -0.2) is 0 Å². The fourth-order valence-corrected chi connectivity index (χ4v) is 0. The molecule has 0 spiro atoms. The molecule has 0 aliphatic rings. The van der Waals surface area contributed by atoms with Crippen molar-refractivity contribution in [3.8, 4) is 0 Å². The van der Waals surface area contributed by atoms with E-state index in [0.717, 1.165) is 7.85 Å². The quantitative estimate of drug-likeness (QED) is 0.392. The Labute approximate surface area is 44.1 Å². The van der Waals surface area contributed by atoms with Gasteiger partial charge in [-0.05, 0) is 14.1 Å². The van der Waals surface area contributed by atoms with Gasteiger partial charge >= 0.3 is 0 Å². The molecule has 0 heterocycles. The van der Waals surface area contributed by atoms with Crippen molar-refractivity contribution in [2.75, 3.05) is 14.1 Å². The van der Waals surface area contributed by atoms with E-state index < -0.39 is 5.87 Å². The zero-order chi connectivity index (χ0) is 6.28. The Balaban J connectivity index is 0. The third-order valence-electron chi connectivity index (χ3n) is 0. The maximum atomic E-state index is 9.00. The second-order valence-electron chi connectivity index (χ2n) is 1.02. The van der Waals surface area contributed by atoms with Gasteiger partial charge < -0.3 is 10.4 Å². The summed E-state index contributed by atoms with van der Waals surface area (Å²) in [5.74, 6) is -0.833. The molecule has 0 aromatic rings. The van der Waals surface area contributed by atoms with E-state index in [2.05, 4.69) is 5.32 Å². The number of carbonyl (C=O) groups is 1. The Morgan fingerprint density at radius 1 is 1.71 bits per heavy atom. The SMILES string of the molecule is BC(=O)O.CNC. The number of hydrogen-bond donors (Lipinski definition) is 2. The average molecular weight is 103 g/mol. The van der Waals surface area contributed by atoms with Crippen LogP contribution in [-0.4, -0.2) is 32.9 Å². The maximum Gasteiger partial charge on any atom is 0.242 e. The lowest BCUT2D eigenvalue weighted by Crippen LogP contribution is -1.89. The molecule has 0 aliphatic carbocycles. The Morgan fingerprint density at radius 2 is 1.71 bits per heavy atom. The van der Waals surface area contributed by atoms with Crippen LogP contribution in [0.5, 0.6) is 0 Å². The summed E-state index contributed by atoms with van der Waals surface area (Å²) < 4.78 is 0. The van der Waals surface area contributed by atoms with E-state index in [0.29, 0.717) is 0 Å². The smallest absolute Gasteiger partial charge is 0.242 e. The summed E-state index contributed by atoms with van der Waals surface area (Å²) in [6.45, 7) is 0. The van der Waals surface area contributed by atoms with Gasteiger partial charge in [-0.3, -0.25) is 4.79 Å². The van der Waals surface area contributed by atoms with E-state index in [1.54, 1.807) is 0 Å². The molecular weight excluding hydrogens is 92.9 g/mol. The molecule has 0 aromatic carbocycles. The van der Waals surface area contributed by atoms with Crippen LogP contribution in [0.1, 0.15) is 0 Å². The maximum absolute atomic E-state index is 9.00. The van der Waals surface area contributed by atoms with Crippen LogP contribution in [0, 0.1) is 0 Å². The topological polar surface area (TPSA) is 49.3 Å². The lowest BCUT2D eigenvalue weighted by molar-refractivity contribution is 0.220. The molecular formula is C3H10BNO2. The summed E-state index contributed by atoms with van der Waals surface area (Å²) in [6.07, 6.45) is 0. The third-order valence-corrected chi connectivity index (χ3v) is 0. The Bertz CT molecular complexity index is 44.2. The van der Waals surface area contributed by atoms with Crippen molar-refractivity contribution in [1.29, 1.82) is 0 Å². The van der Waals surface area contributed by atoms with Gasteiger partial charge in [-0.2, -0.15) is 0 Å². The van der Waals surface area contributed by atoms with Gasteiger partial charge in [0.1, 0.15) is 0 Å². The molecule has 0 aliphatic heterocycles. The van der Waals surface area contributed by atoms with Gasteiger partial charge in [0.2, 0.25) is 13.7 Å². The molecule has 0 radical (unpaired) electrons. The molecule has 0 amide bonds. The van der Waals surface area contributed by atoms with Gasteiger partial charge in [-0.15, -0.1) is 0 Å². The largest absolute Gasteiger partial charge is 0.490 e. The van der Waals surface area contributed by atoms with Crippen LogP contribution in [0.25, 0.3) is 0 Å². The van der Waals surface area contributed by atoms with Crippen molar-refractivity contribution in [2.24, 2.45) is 0 Å². The molecule has 42 valence electrons. The number of carboxylic acid groups (broad SMARTS) is 1.